The number of carbonyl (C=O) groups excluding carboxylic acids is 2. The predicted molar refractivity (Wildman–Crippen MR) is 132 cm³/mol. The van der Waals surface area contributed by atoms with E-state index < -0.39 is 0 Å². The lowest BCUT2D eigenvalue weighted by Crippen LogP contribution is -2.47. The van der Waals surface area contributed by atoms with E-state index in [1.165, 1.54) is 4.90 Å². The molecule has 6 nitrogen and oxygen atoms in total. The highest BCUT2D eigenvalue weighted by molar-refractivity contribution is 6.35. The Labute approximate surface area is 199 Å². The summed E-state index contributed by atoms with van der Waals surface area (Å²) < 4.78 is 5.53. The van der Waals surface area contributed by atoms with Crippen molar-refractivity contribution in [3.63, 3.8) is 0 Å². The molecule has 0 unspecified atom stereocenters. The number of amides is 2. The Morgan fingerprint density at radius 2 is 1.29 bits per heavy atom. The van der Waals surface area contributed by atoms with Gasteiger partial charge in [0, 0.05) is 26.2 Å². The second kappa shape index (κ2) is 9.43. The summed E-state index contributed by atoms with van der Waals surface area (Å²) in [5, 5.41) is 0. The molecule has 3 aromatic carbocycles. The van der Waals surface area contributed by atoms with Gasteiger partial charge in [0.1, 0.15) is 11.4 Å². The van der Waals surface area contributed by atoms with Gasteiger partial charge in [-0.3, -0.25) is 14.5 Å². The van der Waals surface area contributed by atoms with Crippen LogP contribution < -0.4 is 9.64 Å². The minimum atomic E-state index is -0.234. The summed E-state index contributed by atoms with van der Waals surface area (Å²) in [6.07, 6.45) is 0. The number of ether oxygens (including phenoxy) is 1. The summed E-state index contributed by atoms with van der Waals surface area (Å²) in [5.74, 6) is 0.377. The standard InChI is InChI=1S/C28H27N3O3/c1-34-24-15-9-8-14-23(24)29-16-18-30(19-17-29)26-25(22-12-6-3-7-13-22)27(32)31(28(26)33)20-21-10-4-2-5-11-21/h2-15H,16-20H2,1H3. The number of imide groups is 1. The number of anilines is 1. The zero-order valence-corrected chi connectivity index (χ0v) is 19.2. The van der Waals surface area contributed by atoms with Crippen molar-refractivity contribution < 1.29 is 14.3 Å². The number of para-hydroxylation sites is 2. The fraction of sp³-hybridized carbons (Fsp3) is 0.214. The maximum Gasteiger partial charge on any atom is 0.278 e. The summed E-state index contributed by atoms with van der Waals surface area (Å²) in [7, 11) is 1.68. The molecule has 2 aliphatic heterocycles. The van der Waals surface area contributed by atoms with Crippen LogP contribution in [0.3, 0.4) is 0 Å². The molecule has 2 heterocycles. The highest BCUT2D eigenvalue weighted by Crippen LogP contribution is 2.34. The van der Waals surface area contributed by atoms with Crippen LogP contribution in [0.25, 0.3) is 5.57 Å². The van der Waals surface area contributed by atoms with Crippen molar-refractivity contribution in [1.82, 2.24) is 9.80 Å². The topological polar surface area (TPSA) is 53.1 Å². The molecule has 3 aromatic rings. The molecular formula is C28H27N3O3. The highest BCUT2D eigenvalue weighted by Gasteiger charge is 2.42. The second-order valence-corrected chi connectivity index (χ2v) is 8.42. The first-order valence-electron chi connectivity index (χ1n) is 11.5. The molecule has 1 fully saturated rings. The van der Waals surface area contributed by atoms with Crippen molar-refractivity contribution in [2.75, 3.05) is 38.2 Å². The molecule has 0 spiro atoms. The minimum absolute atomic E-state index is 0.224. The van der Waals surface area contributed by atoms with E-state index in [1.807, 2.05) is 78.9 Å². The van der Waals surface area contributed by atoms with Crippen LogP contribution in [0.15, 0.2) is 90.6 Å². The van der Waals surface area contributed by atoms with Gasteiger partial charge in [-0.05, 0) is 23.3 Å². The molecule has 0 bridgehead atoms. The number of hydrogen-bond donors (Lipinski definition) is 0. The molecular weight excluding hydrogens is 426 g/mol. The van der Waals surface area contributed by atoms with E-state index in [0.29, 0.717) is 24.4 Å². The number of methoxy groups -OCH3 is 1. The molecule has 5 rings (SSSR count). The van der Waals surface area contributed by atoms with Crippen LogP contribution in [-0.4, -0.2) is 54.9 Å². The third-order valence-corrected chi connectivity index (χ3v) is 6.41. The first-order chi connectivity index (χ1) is 16.7. The molecule has 0 saturated carbocycles. The Morgan fingerprint density at radius 3 is 1.97 bits per heavy atom. The molecule has 0 N–H and O–H groups in total. The molecule has 34 heavy (non-hydrogen) atoms. The van der Waals surface area contributed by atoms with Crippen LogP contribution >= 0.6 is 0 Å². The van der Waals surface area contributed by atoms with Crippen LogP contribution in [0.4, 0.5) is 5.69 Å². The molecule has 0 aromatic heterocycles. The summed E-state index contributed by atoms with van der Waals surface area (Å²) >= 11 is 0. The van der Waals surface area contributed by atoms with Gasteiger partial charge >= 0.3 is 0 Å². The van der Waals surface area contributed by atoms with E-state index >= 15 is 0 Å². The number of piperazine rings is 1. The zero-order chi connectivity index (χ0) is 23.5. The number of carbonyl (C=O) groups is 2. The Hall–Kier alpha value is -4.06. The van der Waals surface area contributed by atoms with Crippen molar-refractivity contribution in [2.45, 2.75) is 6.54 Å². The van der Waals surface area contributed by atoms with Gasteiger partial charge in [-0.2, -0.15) is 0 Å². The van der Waals surface area contributed by atoms with Crippen molar-refractivity contribution in [3.05, 3.63) is 102 Å². The Morgan fingerprint density at radius 1 is 0.706 bits per heavy atom. The highest BCUT2D eigenvalue weighted by atomic mass is 16.5. The van der Waals surface area contributed by atoms with Gasteiger partial charge in [-0.1, -0.05) is 72.8 Å². The largest absolute Gasteiger partial charge is 0.495 e. The smallest absolute Gasteiger partial charge is 0.278 e. The average Bonchev–Trinajstić information content (AvgIpc) is 3.14. The molecule has 2 aliphatic rings. The predicted octanol–water partition coefficient (Wildman–Crippen LogP) is 3.80. The molecule has 0 aliphatic carbocycles. The Balaban J connectivity index is 1.43. The van der Waals surface area contributed by atoms with Crippen LogP contribution in [-0.2, 0) is 16.1 Å². The zero-order valence-electron chi connectivity index (χ0n) is 19.2. The Bertz CT molecular complexity index is 1220. The molecule has 172 valence electrons. The Kier molecular flexibility index (Phi) is 6.04. The SMILES string of the molecule is COc1ccccc1N1CCN(C2=C(c3ccccc3)C(=O)N(Cc3ccccc3)C2=O)CC1. The fourth-order valence-corrected chi connectivity index (χ4v) is 4.69. The van der Waals surface area contributed by atoms with Gasteiger partial charge < -0.3 is 14.5 Å². The van der Waals surface area contributed by atoms with E-state index in [1.54, 1.807) is 7.11 Å². The summed E-state index contributed by atoms with van der Waals surface area (Å²) in [6.45, 7) is 3.00. The third kappa shape index (κ3) is 4.03. The van der Waals surface area contributed by atoms with Crippen molar-refractivity contribution in [2.24, 2.45) is 0 Å². The molecule has 2 amide bonds. The quantitative estimate of drug-likeness (QED) is 0.532. The van der Waals surface area contributed by atoms with Crippen molar-refractivity contribution in [1.29, 1.82) is 0 Å². The molecule has 0 radical (unpaired) electrons. The first-order valence-corrected chi connectivity index (χ1v) is 11.5. The number of hydrogen-bond acceptors (Lipinski definition) is 5. The normalized spacial score (nSPS) is 16.4. The summed E-state index contributed by atoms with van der Waals surface area (Å²) in [6, 6.07) is 27.1. The average molecular weight is 454 g/mol. The third-order valence-electron chi connectivity index (χ3n) is 6.41. The molecule has 1 saturated heterocycles. The first kappa shape index (κ1) is 21.8. The number of rotatable bonds is 6. The maximum atomic E-state index is 13.6. The van der Waals surface area contributed by atoms with Crippen molar-refractivity contribution in [3.8, 4) is 5.75 Å². The molecule has 6 heteroatoms. The van der Waals surface area contributed by atoms with Gasteiger partial charge in [0.15, 0.2) is 0 Å². The van der Waals surface area contributed by atoms with Gasteiger partial charge in [-0.15, -0.1) is 0 Å². The lowest BCUT2D eigenvalue weighted by atomic mass is 10.0. The summed E-state index contributed by atoms with van der Waals surface area (Å²) in [5.41, 5.74) is 3.75. The molecule has 0 atom stereocenters. The van der Waals surface area contributed by atoms with Crippen LogP contribution in [0.1, 0.15) is 11.1 Å². The van der Waals surface area contributed by atoms with E-state index in [-0.39, 0.29) is 18.4 Å². The van der Waals surface area contributed by atoms with Gasteiger partial charge in [0.2, 0.25) is 0 Å². The lowest BCUT2D eigenvalue weighted by Gasteiger charge is -2.38. The van der Waals surface area contributed by atoms with Crippen molar-refractivity contribution >= 4 is 23.1 Å². The fourth-order valence-electron chi connectivity index (χ4n) is 4.69. The summed E-state index contributed by atoms with van der Waals surface area (Å²) in [4.78, 5) is 32.9. The minimum Gasteiger partial charge on any atom is -0.495 e. The van der Waals surface area contributed by atoms with E-state index in [2.05, 4.69) is 15.9 Å². The van der Waals surface area contributed by atoms with Crippen LogP contribution in [0, 0.1) is 0 Å². The van der Waals surface area contributed by atoms with Crippen LogP contribution in [0.5, 0.6) is 5.75 Å². The second-order valence-electron chi connectivity index (χ2n) is 8.42. The lowest BCUT2D eigenvalue weighted by molar-refractivity contribution is -0.138. The van der Waals surface area contributed by atoms with Gasteiger partial charge in [0.05, 0.1) is 24.9 Å². The number of benzene rings is 3. The maximum absolute atomic E-state index is 13.6. The van der Waals surface area contributed by atoms with E-state index in [4.69, 9.17) is 4.74 Å². The van der Waals surface area contributed by atoms with Crippen LogP contribution in [0.2, 0.25) is 0 Å². The van der Waals surface area contributed by atoms with E-state index in [9.17, 15) is 9.59 Å². The van der Waals surface area contributed by atoms with E-state index in [0.717, 1.165) is 35.7 Å². The number of nitrogens with zero attached hydrogens (tertiary/aromatic N) is 3. The van der Waals surface area contributed by atoms with Gasteiger partial charge in [-0.25, -0.2) is 0 Å². The monoisotopic (exact) mass is 453 g/mol. The van der Waals surface area contributed by atoms with Gasteiger partial charge in [0.25, 0.3) is 11.8 Å².